The van der Waals surface area contributed by atoms with Crippen LogP contribution in [0.25, 0.3) is 11.1 Å². The fourth-order valence-electron chi connectivity index (χ4n) is 4.07. The van der Waals surface area contributed by atoms with Gasteiger partial charge in [-0.2, -0.15) is 10.2 Å². The zero-order valence-corrected chi connectivity index (χ0v) is 20.7. The molecule has 0 amide bonds. The molecule has 1 aliphatic heterocycles. The minimum Gasteiger partial charge on any atom is -0.472 e. The highest BCUT2D eigenvalue weighted by Gasteiger charge is 2.27. The first-order chi connectivity index (χ1) is 15.4. The number of aliphatic hydroxyl groups is 1. The summed E-state index contributed by atoms with van der Waals surface area (Å²) in [7, 11) is 0. The Labute approximate surface area is 203 Å². The first-order valence-corrected chi connectivity index (χ1v) is 12.2. The molecule has 3 aromatic heterocycles. The van der Waals surface area contributed by atoms with Crippen molar-refractivity contribution in [3.8, 4) is 17.0 Å². The van der Waals surface area contributed by atoms with Crippen molar-refractivity contribution >= 4 is 39.9 Å². The van der Waals surface area contributed by atoms with Crippen molar-refractivity contribution in [2.45, 2.75) is 32.4 Å². The predicted octanol–water partition coefficient (Wildman–Crippen LogP) is 2.92. The highest BCUT2D eigenvalue weighted by Crippen LogP contribution is 2.32. The Morgan fingerprint density at radius 3 is 3.00 bits per heavy atom. The molecule has 0 saturated carbocycles. The second-order valence-corrected chi connectivity index (χ2v) is 9.00. The van der Waals surface area contributed by atoms with Gasteiger partial charge in [-0.3, -0.25) is 9.48 Å². The summed E-state index contributed by atoms with van der Waals surface area (Å²) >= 11 is 8.40. The molecule has 170 valence electrons. The van der Waals surface area contributed by atoms with Gasteiger partial charge in [-0.15, -0.1) is 0 Å². The Morgan fingerprint density at radius 1 is 1.44 bits per heavy atom. The van der Waals surface area contributed by atoms with E-state index in [1.807, 2.05) is 35.6 Å². The van der Waals surface area contributed by atoms with E-state index in [0.717, 1.165) is 33.4 Å². The van der Waals surface area contributed by atoms with E-state index in [4.69, 9.17) is 16.3 Å². The van der Waals surface area contributed by atoms with E-state index in [9.17, 15) is 9.90 Å². The summed E-state index contributed by atoms with van der Waals surface area (Å²) in [6.45, 7) is 5.31. The first kappa shape index (κ1) is 23.0. The fraction of sp³-hybridized carbons (Fsp3) is 0.429. The van der Waals surface area contributed by atoms with Crippen LogP contribution in [0.4, 0.5) is 5.69 Å². The highest BCUT2D eigenvalue weighted by molar-refractivity contribution is 14.1. The smallest absolute Gasteiger partial charge is 0.285 e. The largest absolute Gasteiger partial charge is 0.472 e. The Balaban J connectivity index is 1.53. The van der Waals surface area contributed by atoms with Crippen molar-refractivity contribution in [3.05, 3.63) is 51.3 Å². The van der Waals surface area contributed by atoms with Crippen molar-refractivity contribution < 1.29 is 9.84 Å². The second kappa shape index (κ2) is 9.75. The quantitative estimate of drug-likeness (QED) is 0.332. The first-order valence-electron chi connectivity index (χ1n) is 10.3. The molecule has 9 nitrogen and oxygen atoms in total. The van der Waals surface area contributed by atoms with E-state index in [-0.39, 0.29) is 23.8 Å². The van der Waals surface area contributed by atoms with Crippen molar-refractivity contribution in [3.63, 3.8) is 0 Å². The number of hydrogen-bond acceptors (Lipinski definition) is 7. The molecule has 0 radical (unpaired) electrons. The average Bonchev–Trinajstić information content (AvgIpc) is 3.35. The average molecular weight is 571 g/mol. The fourth-order valence-corrected chi connectivity index (χ4v) is 4.93. The molecule has 0 spiro atoms. The molecular weight excluding hydrogens is 547 g/mol. The number of alkyl halides is 1. The Kier molecular flexibility index (Phi) is 7.01. The van der Waals surface area contributed by atoms with Crippen LogP contribution < -0.4 is 15.2 Å². The molecule has 4 rings (SSSR count). The van der Waals surface area contributed by atoms with Crippen LogP contribution in [0.1, 0.15) is 23.9 Å². The van der Waals surface area contributed by atoms with Crippen LogP contribution in [0.15, 0.2) is 29.3 Å². The van der Waals surface area contributed by atoms with Gasteiger partial charge in [0.1, 0.15) is 11.1 Å². The van der Waals surface area contributed by atoms with E-state index in [0.29, 0.717) is 24.7 Å². The lowest BCUT2D eigenvalue weighted by atomic mass is 10.1. The van der Waals surface area contributed by atoms with E-state index in [1.165, 1.54) is 0 Å². The van der Waals surface area contributed by atoms with Gasteiger partial charge in [0, 0.05) is 40.9 Å². The summed E-state index contributed by atoms with van der Waals surface area (Å²) in [5.41, 5.74) is 4.09. The number of aromatic amines is 1. The molecule has 0 bridgehead atoms. The second-order valence-electron chi connectivity index (χ2n) is 7.74. The van der Waals surface area contributed by atoms with Crippen LogP contribution >= 0.6 is 34.2 Å². The summed E-state index contributed by atoms with van der Waals surface area (Å²) in [5.74, 6) is 0.531. The minimum atomic E-state index is -0.403. The molecule has 0 aromatic carbocycles. The van der Waals surface area contributed by atoms with Gasteiger partial charge in [-0.05, 0) is 25.5 Å². The van der Waals surface area contributed by atoms with Gasteiger partial charge in [0.2, 0.25) is 5.88 Å². The molecule has 32 heavy (non-hydrogen) atoms. The lowest BCUT2D eigenvalue weighted by molar-refractivity contribution is 0.216. The number of nitrogens with one attached hydrogen (secondary N) is 1. The number of aromatic nitrogens is 5. The number of nitrogens with zero attached hydrogens (tertiary/aromatic N) is 5. The summed E-state index contributed by atoms with van der Waals surface area (Å²) < 4.78 is 8.83. The summed E-state index contributed by atoms with van der Waals surface area (Å²) in [6.07, 6.45) is 3.98. The van der Waals surface area contributed by atoms with Gasteiger partial charge in [-0.25, -0.2) is 10.1 Å². The maximum Gasteiger partial charge on any atom is 0.285 e. The zero-order chi connectivity index (χ0) is 22.8. The van der Waals surface area contributed by atoms with Gasteiger partial charge in [0.05, 0.1) is 36.8 Å². The third-order valence-corrected chi connectivity index (χ3v) is 7.02. The molecule has 11 heteroatoms. The predicted molar refractivity (Wildman–Crippen MR) is 131 cm³/mol. The minimum absolute atomic E-state index is 0.0417. The SMILES string of the molecule is Cc1nn(C(CO)CI)c(C)c1-c1ccnc(O[C@@H]2CCN(c3cn[nH]c(=O)c3Cl)C2)c1. The standard InChI is InChI=1S/C21H24ClIN6O3/c1-12-19(13(2)29(27-12)15(8-23)11-30)14-3-5-24-18(7-14)32-16-4-6-28(10-16)17-9-25-26-21(31)20(17)22/h3,5,7,9,15-16,30H,4,6,8,10-11H2,1-2H3,(H,26,31)/t15?,16-/m1/s1. The van der Waals surface area contributed by atoms with E-state index >= 15 is 0 Å². The molecule has 1 fully saturated rings. The molecule has 1 unspecified atom stereocenters. The van der Waals surface area contributed by atoms with Crippen LogP contribution in [-0.2, 0) is 0 Å². The number of pyridine rings is 1. The molecular formula is C21H24ClIN6O3. The number of aryl methyl sites for hydroxylation is 1. The number of aliphatic hydroxyl groups excluding tert-OH is 1. The molecule has 2 atom stereocenters. The highest BCUT2D eigenvalue weighted by atomic mass is 127. The van der Waals surface area contributed by atoms with E-state index in [2.05, 4.69) is 42.9 Å². The normalized spacial score (nSPS) is 17.0. The van der Waals surface area contributed by atoms with E-state index in [1.54, 1.807) is 12.4 Å². The molecule has 1 saturated heterocycles. The van der Waals surface area contributed by atoms with Crippen molar-refractivity contribution in [2.24, 2.45) is 0 Å². The Bertz CT molecular complexity index is 1160. The van der Waals surface area contributed by atoms with Gasteiger partial charge in [0.25, 0.3) is 5.56 Å². The summed E-state index contributed by atoms with van der Waals surface area (Å²) in [5, 5.41) is 20.7. The van der Waals surface area contributed by atoms with Crippen LogP contribution in [0, 0.1) is 13.8 Å². The molecule has 2 N–H and O–H groups in total. The van der Waals surface area contributed by atoms with E-state index < -0.39 is 5.56 Å². The molecule has 0 aliphatic carbocycles. The number of ether oxygens (including phenoxy) is 1. The number of halogens is 2. The Hall–Kier alpha value is -2.18. The Morgan fingerprint density at radius 2 is 2.25 bits per heavy atom. The lowest BCUT2D eigenvalue weighted by Gasteiger charge is -2.19. The van der Waals surface area contributed by atoms with Gasteiger partial charge in [-0.1, -0.05) is 34.2 Å². The zero-order valence-electron chi connectivity index (χ0n) is 17.8. The monoisotopic (exact) mass is 570 g/mol. The lowest BCUT2D eigenvalue weighted by Crippen LogP contribution is -2.26. The maximum atomic E-state index is 11.7. The van der Waals surface area contributed by atoms with Gasteiger partial charge in [0.15, 0.2) is 0 Å². The van der Waals surface area contributed by atoms with Crippen molar-refractivity contribution in [1.29, 1.82) is 0 Å². The van der Waals surface area contributed by atoms with Crippen LogP contribution in [0.5, 0.6) is 5.88 Å². The number of hydrogen-bond donors (Lipinski definition) is 2. The molecule has 3 aromatic rings. The number of H-pyrrole nitrogens is 1. The topological polar surface area (TPSA) is 109 Å². The van der Waals surface area contributed by atoms with Crippen LogP contribution in [0.2, 0.25) is 5.02 Å². The van der Waals surface area contributed by atoms with Gasteiger partial charge >= 0.3 is 0 Å². The number of anilines is 1. The third kappa shape index (κ3) is 4.48. The summed E-state index contributed by atoms with van der Waals surface area (Å²) in [4.78, 5) is 18.1. The van der Waals surface area contributed by atoms with Gasteiger partial charge < -0.3 is 14.7 Å². The van der Waals surface area contributed by atoms with Crippen LogP contribution in [0.3, 0.4) is 0 Å². The van der Waals surface area contributed by atoms with Crippen molar-refractivity contribution in [1.82, 2.24) is 25.0 Å². The van der Waals surface area contributed by atoms with Crippen LogP contribution in [-0.4, -0.2) is 60.3 Å². The molecule has 4 heterocycles. The number of rotatable bonds is 7. The molecule has 1 aliphatic rings. The third-order valence-electron chi connectivity index (χ3n) is 5.63. The van der Waals surface area contributed by atoms with Crippen molar-refractivity contribution in [2.75, 3.05) is 29.0 Å². The maximum absolute atomic E-state index is 11.7. The summed E-state index contributed by atoms with van der Waals surface area (Å²) in [6, 6.07) is 3.80.